The fourth-order valence-corrected chi connectivity index (χ4v) is 19.6. The SMILES string of the molecule is CC(=O)[C@H]1CC[C@H]2[C@@H]3CC[C@H]4C[C@H](C(CCOC(=O)OCCC(OCc5ccccc5)[C@@H]5CC[C@@]6(C)[C@@H](CC[C@@H]7[C@@H]6CC[C@]6(C)[C@@H](C(C)=O)CC[C@@H]76)C5)OCc5ccccc5)CC[C@]4(C)[C@H]3CC[C@]12C. The van der Waals surface area contributed by atoms with Crippen molar-refractivity contribution in [3.63, 3.8) is 0 Å². The van der Waals surface area contributed by atoms with E-state index in [9.17, 15) is 14.4 Å². The van der Waals surface area contributed by atoms with Crippen LogP contribution in [0.4, 0.5) is 4.79 Å². The molecule has 7 heteroatoms. The van der Waals surface area contributed by atoms with E-state index in [1.165, 1.54) is 101 Å². The molecule has 384 valence electrons. The molecule has 18 atom stereocenters. The monoisotopic (exact) mass is 959 g/mol. The van der Waals surface area contributed by atoms with E-state index in [2.05, 4.69) is 88.4 Å². The van der Waals surface area contributed by atoms with Crippen LogP contribution in [-0.2, 0) is 41.8 Å². The Morgan fingerprint density at radius 3 is 1.27 bits per heavy atom. The van der Waals surface area contributed by atoms with Gasteiger partial charge in [0, 0.05) is 24.7 Å². The van der Waals surface area contributed by atoms with Crippen LogP contribution in [0, 0.1) is 92.7 Å². The molecule has 2 aromatic rings. The molecule has 0 bridgehead atoms. The van der Waals surface area contributed by atoms with E-state index < -0.39 is 6.16 Å². The highest BCUT2D eigenvalue weighted by Gasteiger charge is 2.63. The number of hydrogen-bond donors (Lipinski definition) is 0. The molecular formula is C63H90O7. The molecule has 0 N–H and O–H groups in total. The summed E-state index contributed by atoms with van der Waals surface area (Å²) in [5.74, 6) is 7.97. The highest BCUT2D eigenvalue weighted by molar-refractivity contribution is 5.80. The van der Waals surface area contributed by atoms with E-state index in [-0.39, 0.29) is 48.1 Å². The van der Waals surface area contributed by atoms with Gasteiger partial charge in [-0.25, -0.2) is 4.79 Å². The summed E-state index contributed by atoms with van der Waals surface area (Å²) in [6.45, 7) is 15.6. The van der Waals surface area contributed by atoms with Crippen molar-refractivity contribution in [1.29, 1.82) is 0 Å². The zero-order valence-corrected chi connectivity index (χ0v) is 44.2. The standard InChI is InChI=1S/C63H90O7/c1-41(64)51-21-23-53-49-19-17-47-37-45(25-31-60(47,3)55(49)27-33-62(51,53)5)57(69-39-43-13-9-7-10-14-43)29-35-67-59(66)68-36-30-58(70-40-44-15-11-8-12-16-44)46-26-32-61(4)48(38-46)18-20-50-54-24-22-52(42(2)65)63(54,6)34-28-56(50)61/h7-16,45-58H,17-40H2,1-6H3/t45-,46-,47+,48+,49+,50+,51-,52-,53+,54+,55+,56+,57?,58?,60+,61+,62-,63-/m1/s1. The maximum absolute atomic E-state index is 13.4. The van der Waals surface area contributed by atoms with Gasteiger partial charge in [-0.05, 0) is 221 Å². The molecule has 8 aliphatic rings. The van der Waals surface area contributed by atoms with E-state index in [0.717, 1.165) is 49.4 Å². The Morgan fingerprint density at radius 1 is 0.486 bits per heavy atom. The molecule has 0 aromatic heterocycles. The quantitative estimate of drug-likeness (QED) is 0.155. The second-order valence-corrected chi connectivity index (χ2v) is 26.1. The summed E-state index contributed by atoms with van der Waals surface area (Å²) in [6, 6.07) is 21.0. The first-order valence-corrected chi connectivity index (χ1v) is 28.8. The zero-order chi connectivity index (χ0) is 48.8. The van der Waals surface area contributed by atoms with Crippen LogP contribution in [0.15, 0.2) is 60.7 Å². The Morgan fingerprint density at radius 2 is 0.871 bits per heavy atom. The van der Waals surface area contributed by atoms with E-state index in [1.807, 2.05) is 13.8 Å². The van der Waals surface area contributed by atoms with Crippen LogP contribution in [0.25, 0.3) is 0 Å². The minimum Gasteiger partial charge on any atom is -0.434 e. The molecule has 0 aliphatic heterocycles. The molecule has 0 radical (unpaired) electrons. The highest BCUT2D eigenvalue weighted by Crippen LogP contribution is 2.70. The number of Topliss-reactive ketones (excluding diaryl/α,β-unsaturated/α-hetero) is 2. The van der Waals surface area contributed by atoms with Crippen molar-refractivity contribution in [3.05, 3.63) is 71.8 Å². The lowest BCUT2D eigenvalue weighted by molar-refractivity contribution is -0.141. The van der Waals surface area contributed by atoms with Crippen molar-refractivity contribution >= 4 is 17.7 Å². The maximum Gasteiger partial charge on any atom is 0.508 e. The largest absolute Gasteiger partial charge is 0.508 e. The van der Waals surface area contributed by atoms with Gasteiger partial charge in [-0.3, -0.25) is 9.59 Å². The van der Waals surface area contributed by atoms with Gasteiger partial charge in [0.1, 0.15) is 11.6 Å². The molecule has 0 heterocycles. The minimum absolute atomic E-state index is 0.00709. The average Bonchev–Trinajstić information content (AvgIpc) is 3.91. The van der Waals surface area contributed by atoms with Gasteiger partial charge < -0.3 is 18.9 Å². The third-order valence-electron chi connectivity index (χ3n) is 23.3. The van der Waals surface area contributed by atoms with Gasteiger partial charge in [0.25, 0.3) is 0 Å². The van der Waals surface area contributed by atoms with Crippen LogP contribution in [0.3, 0.4) is 0 Å². The van der Waals surface area contributed by atoms with Gasteiger partial charge in [0.15, 0.2) is 0 Å². The maximum atomic E-state index is 13.4. The number of fused-ring (bicyclic) bond motifs is 10. The molecule has 70 heavy (non-hydrogen) atoms. The highest BCUT2D eigenvalue weighted by atomic mass is 16.7. The lowest BCUT2D eigenvalue weighted by Crippen LogP contribution is -2.54. The molecule has 2 unspecified atom stereocenters. The van der Waals surface area contributed by atoms with Gasteiger partial charge in [-0.2, -0.15) is 0 Å². The Kier molecular flexibility index (Phi) is 14.9. The van der Waals surface area contributed by atoms with Gasteiger partial charge in [0.2, 0.25) is 0 Å². The summed E-state index contributed by atoms with van der Waals surface area (Å²) >= 11 is 0. The van der Waals surface area contributed by atoms with Crippen molar-refractivity contribution in [1.82, 2.24) is 0 Å². The lowest BCUT2D eigenvalue weighted by atomic mass is 9.44. The zero-order valence-electron chi connectivity index (χ0n) is 44.2. The molecular weight excluding hydrogens is 869 g/mol. The molecule has 8 fully saturated rings. The third kappa shape index (κ3) is 9.54. The van der Waals surface area contributed by atoms with E-state index >= 15 is 0 Å². The molecule has 2 aromatic carbocycles. The average molecular weight is 959 g/mol. The predicted molar refractivity (Wildman–Crippen MR) is 275 cm³/mol. The van der Waals surface area contributed by atoms with E-state index in [0.29, 0.717) is 84.0 Å². The molecule has 10 rings (SSSR count). The predicted octanol–water partition coefficient (Wildman–Crippen LogP) is 14.8. The number of benzene rings is 2. The molecule has 0 saturated heterocycles. The van der Waals surface area contributed by atoms with Crippen LogP contribution in [0.2, 0.25) is 0 Å². The van der Waals surface area contributed by atoms with Crippen LogP contribution in [0.1, 0.15) is 181 Å². The summed E-state index contributed by atoms with van der Waals surface area (Å²) < 4.78 is 25.5. The fraction of sp³-hybridized carbons (Fsp3) is 0.762. The summed E-state index contributed by atoms with van der Waals surface area (Å²) in [6.07, 6.45) is 22.6. The Balaban J connectivity index is 0.740. The van der Waals surface area contributed by atoms with Gasteiger partial charge in [0.05, 0.1) is 38.6 Å². The number of ketones is 2. The van der Waals surface area contributed by atoms with Crippen molar-refractivity contribution in [3.8, 4) is 0 Å². The Bertz CT molecular complexity index is 1980. The molecule has 7 nitrogen and oxygen atoms in total. The summed E-state index contributed by atoms with van der Waals surface area (Å²) in [4.78, 5) is 38.9. The smallest absolute Gasteiger partial charge is 0.434 e. The topological polar surface area (TPSA) is 88.1 Å². The van der Waals surface area contributed by atoms with Crippen LogP contribution in [-0.4, -0.2) is 43.1 Å². The van der Waals surface area contributed by atoms with Crippen molar-refractivity contribution in [2.75, 3.05) is 13.2 Å². The number of carbonyl (C=O) groups is 3. The first-order chi connectivity index (χ1) is 33.7. The van der Waals surface area contributed by atoms with Gasteiger partial charge in [-0.15, -0.1) is 0 Å². The first-order valence-electron chi connectivity index (χ1n) is 28.8. The van der Waals surface area contributed by atoms with E-state index in [4.69, 9.17) is 18.9 Å². The fourth-order valence-electron chi connectivity index (χ4n) is 19.6. The normalized spacial score (nSPS) is 41.6. The molecule has 8 saturated carbocycles. The summed E-state index contributed by atoms with van der Waals surface area (Å²) in [5, 5.41) is 0. The third-order valence-corrected chi connectivity index (χ3v) is 23.3. The van der Waals surface area contributed by atoms with Crippen LogP contribution >= 0.6 is 0 Å². The van der Waals surface area contributed by atoms with Crippen LogP contribution < -0.4 is 0 Å². The number of hydrogen-bond acceptors (Lipinski definition) is 7. The van der Waals surface area contributed by atoms with Crippen molar-refractivity contribution in [2.45, 2.75) is 195 Å². The van der Waals surface area contributed by atoms with Gasteiger partial charge >= 0.3 is 6.16 Å². The van der Waals surface area contributed by atoms with E-state index in [1.54, 1.807) is 0 Å². The molecule has 0 amide bonds. The minimum atomic E-state index is -0.584. The van der Waals surface area contributed by atoms with Crippen molar-refractivity contribution < 1.29 is 33.3 Å². The second-order valence-electron chi connectivity index (χ2n) is 26.1. The van der Waals surface area contributed by atoms with Crippen molar-refractivity contribution in [2.24, 2.45) is 92.7 Å². The summed E-state index contributed by atoms with van der Waals surface area (Å²) in [5.41, 5.74) is 3.42. The second kappa shape index (κ2) is 20.7. The van der Waals surface area contributed by atoms with Crippen LogP contribution in [0.5, 0.6) is 0 Å². The van der Waals surface area contributed by atoms with Gasteiger partial charge in [-0.1, -0.05) is 88.4 Å². The summed E-state index contributed by atoms with van der Waals surface area (Å²) in [7, 11) is 0. The number of rotatable bonds is 16. The lowest BCUT2D eigenvalue weighted by Gasteiger charge is -2.61. The number of ether oxygens (including phenoxy) is 4. The Hall–Kier alpha value is -3.03. The molecule has 0 spiro atoms. The first kappa shape index (κ1) is 50.5. The number of carbonyl (C=O) groups excluding carboxylic acids is 3. The molecule has 8 aliphatic carbocycles. The Labute approximate surface area is 422 Å².